The largest absolute Gasteiger partial charge is 0.467 e. The number of carbonyl (C=O) groups excluding carboxylic acids is 4. The molecule has 4 fully saturated rings. The number of nitrogens with zero attached hydrogens (tertiary/aromatic N) is 1. The zero-order chi connectivity index (χ0) is 32.9. The second-order valence-corrected chi connectivity index (χ2v) is 16.1. The maximum atomic E-state index is 14.2. The Labute approximate surface area is 271 Å². The maximum Gasteiger partial charge on any atom is 0.408 e. The molecule has 0 aromatic heterocycles. The number of alkyl carbamates (subject to hydrolysis) is 1. The number of hydrogen-bond acceptors (Lipinski definition) is 9. The summed E-state index contributed by atoms with van der Waals surface area (Å²) in [6.07, 6.45) is 2.40. The van der Waals surface area contributed by atoms with Gasteiger partial charge in [-0.3, -0.25) is 13.8 Å². The van der Waals surface area contributed by atoms with Gasteiger partial charge >= 0.3 is 12.1 Å². The Hall–Kier alpha value is -2.97. The molecule has 4 aliphatic rings. The number of halogens is 1. The number of likely N-dealkylation sites (tertiary alicyclic amines) is 1. The van der Waals surface area contributed by atoms with Crippen LogP contribution in [-0.4, -0.2) is 80.7 Å². The van der Waals surface area contributed by atoms with Gasteiger partial charge in [-0.15, -0.1) is 6.58 Å². The van der Waals surface area contributed by atoms with Crippen molar-refractivity contribution in [1.29, 1.82) is 0 Å². The fourth-order valence-corrected chi connectivity index (χ4v) is 7.90. The van der Waals surface area contributed by atoms with Crippen LogP contribution in [0, 0.1) is 23.2 Å². The fraction of sp³-hybridized carbons (Fsp3) is 0.613. The van der Waals surface area contributed by atoms with E-state index in [4.69, 9.17) is 13.7 Å². The number of methoxy groups -OCH3 is 1. The molecule has 1 aromatic carbocycles. The average molecular weight is 711 g/mol. The number of fused-ring (bicyclic) bond motifs is 1. The fourth-order valence-electron chi connectivity index (χ4n) is 6.56. The zero-order valence-corrected chi connectivity index (χ0v) is 28.2. The van der Waals surface area contributed by atoms with Gasteiger partial charge in [-0.1, -0.05) is 42.8 Å². The molecule has 1 saturated heterocycles. The van der Waals surface area contributed by atoms with E-state index in [1.54, 1.807) is 39.0 Å². The van der Waals surface area contributed by atoms with Crippen LogP contribution in [0.2, 0.25) is 0 Å². The van der Waals surface area contributed by atoms with Gasteiger partial charge in [0.1, 0.15) is 23.7 Å². The Bertz CT molecular complexity index is 1470. The van der Waals surface area contributed by atoms with Crippen LogP contribution >= 0.6 is 15.9 Å². The van der Waals surface area contributed by atoms with Gasteiger partial charge < -0.3 is 25.0 Å². The van der Waals surface area contributed by atoms with Gasteiger partial charge in [0.25, 0.3) is 10.1 Å². The van der Waals surface area contributed by atoms with E-state index in [1.807, 2.05) is 0 Å². The Morgan fingerprint density at radius 1 is 1.07 bits per heavy atom. The average Bonchev–Trinajstić information content (AvgIpc) is 3.78. The van der Waals surface area contributed by atoms with E-state index in [0.29, 0.717) is 16.3 Å². The van der Waals surface area contributed by atoms with Gasteiger partial charge in [-0.2, -0.15) is 8.42 Å². The number of esters is 1. The highest BCUT2D eigenvalue weighted by Gasteiger charge is 2.62. The summed E-state index contributed by atoms with van der Waals surface area (Å²) in [4.78, 5) is 54.8. The second-order valence-electron chi connectivity index (χ2n) is 13.6. The third kappa shape index (κ3) is 7.07. The van der Waals surface area contributed by atoms with E-state index in [1.165, 1.54) is 24.1 Å². The molecule has 2 N–H and O–H groups in total. The molecule has 14 heteroatoms. The summed E-state index contributed by atoms with van der Waals surface area (Å²) in [5.41, 5.74) is -2.15. The minimum absolute atomic E-state index is 0.0885. The second kappa shape index (κ2) is 12.3. The van der Waals surface area contributed by atoms with Crippen molar-refractivity contribution < 1.29 is 41.3 Å². The van der Waals surface area contributed by atoms with Crippen LogP contribution in [0.1, 0.15) is 52.9 Å². The van der Waals surface area contributed by atoms with Crippen LogP contribution in [0.5, 0.6) is 0 Å². The van der Waals surface area contributed by atoms with E-state index < -0.39 is 63.1 Å². The summed E-state index contributed by atoms with van der Waals surface area (Å²) in [5, 5.41) is 5.45. The quantitative estimate of drug-likeness (QED) is 0.211. The number of nitrogens with one attached hydrogen (secondary N) is 2. The maximum absolute atomic E-state index is 14.2. The smallest absolute Gasteiger partial charge is 0.408 e. The predicted molar refractivity (Wildman–Crippen MR) is 165 cm³/mol. The van der Waals surface area contributed by atoms with Crippen LogP contribution in [0.4, 0.5) is 4.79 Å². The summed E-state index contributed by atoms with van der Waals surface area (Å²) in [6, 6.07) is 3.55. The molecule has 0 spiro atoms. The first-order chi connectivity index (χ1) is 21.1. The third-order valence-corrected chi connectivity index (χ3v) is 11.2. The predicted octanol–water partition coefficient (Wildman–Crippen LogP) is 3.30. The lowest BCUT2D eigenvalue weighted by Gasteiger charge is -2.35. The van der Waals surface area contributed by atoms with E-state index in [0.717, 1.165) is 19.3 Å². The summed E-state index contributed by atoms with van der Waals surface area (Å²) in [5.74, 6) is -1.11. The molecule has 1 aliphatic heterocycles. The summed E-state index contributed by atoms with van der Waals surface area (Å²) >= 11 is 3.27. The molecule has 45 heavy (non-hydrogen) atoms. The highest BCUT2D eigenvalue weighted by Crippen LogP contribution is 2.52. The molecule has 3 amide bonds. The molecule has 1 aromatic rings. The topological polar surface area (TPSA) is 157 Å². The molecule has 0 radical (unpaired) electrons. The number of amides is 3. The van der Waals surface area contributed by atoms with E-state index in [-0.39, 0.29) is 36.3 Å². The first kappa shape index (κ1) is 33.4. The highest BCUT2D eigenvalue weighted by molar-refractivity contribution is 9.10. The van der Waals surface area contributed by atoms with Gasteiger partial charge in [-0.05, 0) is 67.2 Å². The van der Waals surface area contributed by atoms with Crippen molar-refractivity contribution in [2.24, 2.45) is 23.2 Å². The molecule has 8 atom stereocenters. The molecular weight excluding hydrogens is 670 g/mol. The molecule has 3 saturated carbocycles. The van der Waals surface area contributed by atoms with Gasteiger partial charge in [0, 0.05) is 23.4 Å². The Morgan fingerprint density at radius 2 is 1.71 bits per heavy atom. The minimum Gasteiger partial charge on any atom is -0.467 e. The number of rotatable bonds is 10. The van der Waals surface area contributed by atoms with E-state index in [2.05, 4.69) is 33.1 Å². The lowest BCUT2D eigenvalue weighted by atomic mass is 9.85. The molecule has 2 unspecified atom stereocenters. The van der Waals surface area contributed by atoms with Crippen molar-refractivity contribution in [3.63, 3.8) is 0 Å². The Morgan fingerprint density at radius 3 is 2.27 bits per heavy atom. The number of carbonyl (C=O) groups is 4. The van der Waals surface area contributed by atoms with Crippen molar-refractivity contribution in [2.75, 3.05) is 13.7 Å². The van der Waals surface area contributed by atoms with Crippen molar-refractivity contribution >= 4 is 49.9 Å². The van der Waals surface area contributed by atoms with Crippen LogP contribution in [0.15, 0.2) is 46.3 Å². The van der Waals surface area contributed by atoms with Crippen molar-refractivity contribution in [3.8, 4) is 0 Å². The first-order valence-corrected chi connectivity index (χ1v) is 17.3. The van der Waals surface area contributed by atoms with Crippen LogP contribution < -0.4 is 10.6 Å². The van der Waals surface area contributed by atoms with Gasteiger partial charge in [0.05, 0.1) is 18.1 Å². The van der Waals surface area contributed by atoms with E-state index in [9.17, 15) is 27.6 Å². The third-order valence-electron chi connectivity index (χ3n) is 9.26. The SMILES string of the molecule is C=C[C@@H]1C[C@@]1(NC(=O)[C@@H]1C[C@H](OS(=O)(=O)c2ccc(Br)cc2)CN1C(=O)[C@H](NC(=O)OC1CC2C[C@H]2C1)C(C)(C)C)C(=O)OC. The van der Waals surface area contributed by atoms with Crippen LogP contribution in [0.25, 0.3) is 0 Å². The number of benzene rings is 1. The number of ether oxygens (including phenoxy) is 2. The molecule has 1 heterocycles. The van der Waals surface area contributed by atoms with Crippen molar-refractivity contribution in [1.82, 2.24) is 15.5 Å². The van der Waals surface area contributed by atoms with Gasteiger partial charge in [-0.25, -0.2) is 9.59 Å². The summed E-state index contributed by atoms with van der Waals surface area (Å²) in [7, 11) is -3.05. The highest BCUT2D eigenvalue weighted by atomic mass is 79.9. The zero-order valence-electron chi connectivity index (χ0n) is 25.8. The number of hydrogen-bond donors (Lipinski definition) is 2. The van der Waals surface area contributed by atoms with Gasteiger partial charge in [0.15, 0.2) is 0 Å². The molecule has 0 bridgehead atoms. The monoisotopic (exact) mass is 709 g/mol. The molecule has 12 nitrogen and oxygen atoms in total. The van der Waals surface area contributed by atoms with Gasteiger partial charge in [0.2, 0.25) is 11.8 Å². The van der Waals surface area contributed by atoms with E-state index >= 15 is 0 Å². The summed E-state index contributed by atoms with van der Waals surface area (Å²) in [6.45, 7) is 8.77. The normalized spacial score (nSPS) is 30.9. The molecular formula is C31H40BrN3O9S. The molecule has 3 aliphatic carbocycles. The van der Waals surface area contributed by atoms with Crippen LogP contribution in [0.3, 0.4) is 0 Å². The molecule has 5 rings (SSSR count). The van der Waals surface area contributed by atoms with Crippen molar-refractivity contribution in [3.05, 3.63) is 41.4 Å². The van der Waals surface area contributed by atoms with Crippen molar-refractivity contribution in [2.45, 2.75) is 87.6 Å². The Kier molecular flexibility index (Phi) is 9.15. The first-order valence-electron chi connectivity index (χ1n) is 15.1. The minimum atomic E-state index is -4.26. The summed E-state index contributed by atoms with van der Waals surface area (Å²) < 4.78 is 43.1. The lowest BCUT2D eigenvalue weighted by molar-refractivity contribution is -0.148. The molecule has 246 valence electrons. The van der Waals surface area contributed by atoms with Crippen LogP contribution in [-0.2, 0) is 38.2 Å². The standard InChI is InChI=1S/C31H40BrN3O9S/c1-6-19-15-31(19,28(38)42-5)34-26(36)24-14-22(44-45(40,41)23-9-7-20(32)8-10-23)16-35(24)27(37)25(30(2,3)4)33-29(39)43-21-12-17-11-18(17)13-21/h6-10,17-19,21-22,24-25H,1,11-16H2,2-5H3,(H,33,39)(H,34,36)/t17-,18?,19+,21?,22-,24-,25-,31-/m0/s1. The lowest BCUT2D eigenvalue weighted by Crippen LogP contribution is -2.59. The Balaban J connectivity index is 1.37.